The minimum atomic E-state index is -0.719. The molecule has 1 saturated heterocycles. The molecule has 0 aliphatic carbocycles. The predicted molar refractivity (Wildman–Crippen MR) is 100 cm³/mol. The Labute approximate surface area is 156 Å². The molecule has 1 aliphatic heterocycles. The van der Waals surface area contributed by atoms with E-state index < -0.39 is 5.60 Å². The van der Waals surface area contributed by atoms with Crippen LogP contribution in [0.15, 0.2) is 59.1 Å². The van der Waals surface area contributed by atoms with E-state index in [1.165, 1.54) is 0 Å². The van der Waals surface area contributed by atoms with Gasteiger partial charge in [0.15, 0.2) is 5.60 Å². The van der Waals surface area contributed by atoms with Crippen molar-refractivity contribution in [3.8, 4) is 0 Å². The Hall–Kier alpha value is -1.85. The van der Waals surface area contributed by atoms with Crippen LogP contribution in [-0.4, -0.2) is 31.3 Å². The van der Waals surface area contributed by atoms with Gasteiger partial charge in [-0.05, 0) is 30.2 Å². The number of ether oxygens (including phenoxy) is 2. The molecule has 1 heterocycles. The summed E-state index contributed by atoms with van der Waals surface area (Å²) in [4.78, 5) is 14.6. The Morgan fingerprint density at radius 2 is 1.88 bits per heavy atom. The number of benzene rings is 2. The largest absolute Gasteiger partial charge is 0.435 e. The summed E-state index contributed by atoms with van der Waals surface area (Å²) in [7, 11) is 1.63. The number of cyclic esters (lactones) is 1. The Morgan fingerprint density at radius 3 is 2.48 bits per heavy atom. The van der Waals surface area contributed by atoms with Crippen LogP contribution in [0.5, 0.6) is 0 Å². The lowest BCUT2D eigenvalue weighted by atomic mass is 9.89. The van der Waals surface area contributed by atoms with Gasteiger partial charge in [-0.3, -0.25) is 0 Å². The second kappa shape index (κ2) is 7.58. The highest BCUT2D eigenvalue weighted by molar-refractivity contribution is 9.10. The molecule has 4 nitrogen and oxygen atoms in total. The summed E-state index contributed by atoms with van der Waals surface area (Å²) in [6, 6.07) is 17.8. The normalized spacial score (nSPS) is 21.7. The van der Waals surface area contributed by atoms with Crippen LogP contribution in [0.3, 0.4) is 0 Å². The smallest absolute Gasteiger partial charge is 0.411 e. The summed E-state index contributed by atoms with van der Waals surface area (Å²) in [6.45, 7) is 2.99. The molecule has 1 amide bonds. The Bertz CT molecular complexity index is 719. The molecule has 3 rings (SSSR count). The monoisotopic (exact) mass is 403 g/mol. The molecule has 1 aliphatic rings. The minimum Gasteiger partial charge on any atom is -0.435 e. The quantitative estimate of drug-likeness (QED) is 0.712. The van der Waals surface area contributed by atoms with E-state index in [1.807, 2.05) is 61.5 Å². The molecule has 5 heteroatoms. The SMILES string of the molecule is COC[C@]1(c2ccccc2)CCN(C(C)c2ccc(Br)cc2)C(=O)O1. The van der Waals surface area contributed by atoms with Gasteiger partial charge in [0.25, 0.3) is 0 Å². The molecule has 2 aromatic carbocycles. The molecule has 0 radical (unpaired) electrons. The number of nitrogens with zero attached hydrogens (tertiary/aromatic N) is 1. The maximum Gasteiger partial charge on any atom is 0.411 e. The summed E-state index contributed by atoms with van der Waals surface area (Å²) in [5.41, 5.74) is 1.34. The summed E-state index contributed by atoms with van der Waals surface area (Å²) in [5, 5.41) is 0. The van der Waals surface area contributed by atoms with Gasteiger partial charge < -0.3 is 14.4 Å². The van der Waals surface area contributed by atoms with E-state index in [4.69, 9.17) is 9.47 Å². The first-order chi connectivity index (χ1) is 12.1. The Kier molecular flexibility index (Phi) is 5.45. The molecule has 0 bridgehead atoms. The van der Waals surface area contributed by atoms with Gasteiger partial charge in [-0.15, -0.1) is 0 Å². The van der Waals surface area contributed by atoms with Crippen molar-refractivity contribution in [2.45, 2.75) is 25.0 Å². The van der Waals surface area contributed by atoms with Crippen molar-refractivity contribution in [2.24, 2.45) is 0 Å². The first-order valence-electron chi connectivity index (χ1n) is 8.35. The third-order valence-corrected chi connectivity index (χ3v) is 5.30. The summed E-state index contributed by atoms with van der Waals surface area (Å²) in [6.07, 6.45) is 0.389. The second-order valence-electron chi connectivity index (χ2n) is 6.33. The number of carbonyl (C=O) groups excluding carboxylic acids is 1. The molecule has 0 spiro atoms. The molecule has 2 aromatic rings. The third kappa shape index (κ3) is 3.72. The van der Waals surface area contributed by atoms with Crippen LogP contribution in [0, 0.1) is 0 Å². The van der Waals surface area contributed by atoms with Crippen molar-refractivity contribution in [2.75, 3.05) is 20.3 Å². The number of halogens is 1. The zero-order chi connectivity index (χ0) is 17.9. The van der Waals surface area contributed by atoms with Gasteiger partial charge in [0.1, 0.15) is 0 Å². The predicted octanol–water partition coefficient (Wildman–Crippen LogP) is 4.89. The minimum absolute atomic E-state index is 0.0445. The standard InChI is InChI=1S/C20H22BrNO3/c1-15(16-8-10-18(21)11-9-16)22-13-12-20(14-24-2,25-19(22)23)17-6-4-3-5-7-17/h3-11,15H,12-14H2,1-2H3/t15?,20-/m0/s1. The fourth-order valence-corrected chi connectivity index (χ4v) is 3.57. The van der Waals surface area contributed by atoms with Crippen LogP contribution < -0.4 is 0 Å². The molecule has 132 valence electrons. The molecular formula is C20H22BrNO3. The van der Waals surface area contributed by atoms with Gasteiger partial charge >= 0.3 is 6.09 Å². The van der Waals surface area contributed by atoms with E-state index in [2.05, 4.69) is 15.9 Å². The van der Waals surface area contributed by atoms with Crippen molar-refractivity contribution >= 4 is 22.0 Å². The maximum absolute atomic E-state index is 12.8. The molecule has 0 saturated carbocycles. The van der Waals surface area contributed by atoms with Crippen LogP contribution >= 0.6 is 15.9 Å². The number of hydrogen-bond acceptors (Lipinski definition) is 3. The number of rotatable bonds is 5. The van der Waals surface area contributed by atoms with E-state index in [-0.39, 0.29) is 12.1 Å². The number of methoxy groups -OCH3 is 1. The molecule has 1 unspecified atom stereocenters. The number of amides is 1. The molecule has 25 heavy (non-hydrogen) atoms. The maximum atomic E-state index is 12.8. The van der Waals surface area contributed by atoms with Crippen LogP contribution in [-0.2, 0) is 15.1 Å². The fraction of sp³-hybridized carbons (Fsp3) is 0.350. The summed E-state index contributed by atoms with van der Waals surface area (Å²) >= 11 is 3.44. The molecular weight excluding hydrogens is 382 g/mol. The molecule has 0 aromatic heterocycles. The van der Waals surface area contributed by atoms with Crippen LogP contribution in [0.4, 0.5) is 4.79 Å². The van der Waals surface area contributed by atoms with Gasteiger partial charge in [-0.1, -0.05) is 58.4 Å². The van der Waals surface area contributed by atoms with Gasteiger partial charge in [-0.25, -0.2) is 4.79 Å². The van der Waals surface area contributed by atoms with Crippen LogP contribution in [0.1, 0.15) is 30.5 Å². The van der Waals surface area contributed by atoms with Gasteiger partial charge in [-0.2, -0.15) is 0 Å². The lowest BCUT2D eigenvalue weighted by Crippen LogP contribution is -2.50. The first kappa shape index (κ1) is 18.0. The average Bonchev–Trinajstić information content (AvgIpc) is 2.63. The van der Waals surface area contributed by atoms with E-state index >= 15 is 0 Å². The Morgan fingerprint density at radius 1 is 1.20 bits per heavy atom. The highest BCUT2D eigenvalue weighted by atomic mass is 79.9. The zero-order valence-corrected chi connectivity index (χ0v) is 16.0. The van der Waals surface area contributed by atoms with Crippen molar-refractivity contribution in [1.29, 1.82) is 0 Å². The highest BCUT2D eigenvalue weighted by Crippen LogP contribution is 2.37. The second-order valence-corrected chi connectivity index (χ2v) is 7.25. The zero-order valence-electron chi connectivity index (χ0n) is 14.4. The average molecular weight is 404 g/mol. The molecule has 2 atom stereocenters. The lowest BCUT2D eigenvalue weighted by Gasteiger charge is -2.43. The van der Waals surface area contributed by atoms with Crippen LogP contribution in [0.2, 0.25) is 0 Å². The topological polar surface area (TPSA) is 38.8 Å². The van der Waals surface area contributed by atoms with Crippen molar-refractivity contribution in [3.05, 3.63) is 70.2 Å². The van der Waals surface area contributed by atoms with Gasteiger partial charge in [0.05, 0.1) is 12.6 Å². The first-order valence-corrected chi connectivity index (χ1v) is 9.14. The van der Waals surface area contributed by atoms with Gasteiger partial charge in [0.2, 0.25) is 0 Å². The van der Waals surface area contributed by atoms with E-state index in [9.17, 15) is 4.79 Å². The van der Waals surface area contributed by atoms with Crippen molar-refractivity contribution < 1.29 is 14.3 Å². The number of hydrogen-bond donors (Lipinski definition) is 0. The highest BCUT2D eigenvalue weighted by Gasteiger charge is 2.43. The van der Waals surface area contributed by atoms with E-state index in [0.29, 0.717) is 19.6 Å². The fourth-order valence-electron chi connectivity index (χ4n) is 3.31. The van der Waals surface area contributed by atoms with E-state index in [0.717, 1.165) is 15.6 Å². The molecule has 0 N–H and O–H groups in total. The number of carbonyl (C=O) groups is 1. The Balaban J connectivity index is 1.81. The third-order valence-electron chi connectivity index (χ3n) is 4.77. The molecule has 1 fully saturated rings. The summed E-state index contributed by atoms with van der Waals surface area (Å²) in [5.74, 6) is 0. The van der Waals surface area contributed by atoms with E-state index in [1.54, 1.807) is 12.0 Å². The summed E-state index contributed by atoms with van der Waals surface area (Å²) < 4.78 is 12.3. The van der Waals surface area contributed by atoms with Crippen molar-refractivity contribution in [3.63, 3.8) is 0 Å². The lowest BCUT2D eigenvalue weighted by molar-refractivity contribution is -0.0964. The van der Waals surface area contributed by atoms with Gasteiger partial charge in [0, 0.05) is 24.5 Å². The van der Waals surface area contributed by atoms with Crippen molar-refractivity contribution in [1.82, 2.24) is 4.90 Å². The van der Waals surface area contributed by atoms with Crippen LogP contribution in [0.25, 0.3) is 0 Å².